The molecule has 6 heteroatoms. The number of para-hydroxylation sites is 1. The predicted octanol–water partition coefficient (Wildman–Crippen LogP) is 3.41. The molecule has 0 bridgehead atoms. The number of piperidine rings is 1. The Morgan fingerprint density at radius 2 is 1.96 bits per heavy atom. The second-order valence-electron chi connectivity index (χ2n) is 8.17. The molecule has 148 valence electrons. The van der Waals surface area contributed by atoms with E-state index < -0.39 is 11.9 Å². The van der Waals surface area contributed by atoms with Crippen LogP contribution in [0.5, 0.6) is 0 Å². The van der Waals surface area contributed by atoms with E-state index in [1.807, 2.05) is 19.1 Å². The van der Waals surface area contributed by atoms with Gasteiger partial charge in [0, 0.05) is 36.9 Å². The van der Waals surface area contributed by atoms with Gasteiger partial charge in [-0.15, -0.1) is 0 Å². The van der Waals surface area contributed by atoms with Gasteiger partial charge in [0.25, 0.3) is 5.91 Å². The fourth-order valence-corrected chi connectivity index (χ4v) is 4.54. The normalized spacial score (nSPS) is 24.3. The van der Waals surface area contributed by atoms with Gasteiger partial charge < -0.3 is 19.3 Å². The number of carbonyl (C=O) groups is 2. The molecule has 1 amide bonds. The second kappa shape index (κ2) is 7.34. The lowest BCUT2D eigenvalue weighted by molar-refractivity contribution is -0.143. The van der Waals surface area contributed by atoms with Gasteiger partial charge in [0.1, 0.15) is 0 Å². The van der Waals surface area contributed by atoms with Crippen LogP contribution >= 0.6 is 0 Å². The lowest BCUT2D eigenvalue weighted by Crippen LogP contribution is -2.45. The maximum absolute atomic E-state index is 13.1. The van der Waals surface area contributed by atoms with Gasteiger partial charge in [-0.2, -0.15) is 0 Å². The van der Waals surface area contributed by atoms with Crippen molar-refractivity contribution in [2.45, 2.75) is 39.3 Å². The first-order chi connectivity index (χ1) is 13.4. The molecule has 1 fully saturated rings. The van der Waals surface area contributed by atoms with Gasteiger partial charge in [-0.1, -0.05) is 25.1 Å². The molecule has 6 nitrogen and oxygen atoms in total. The molecule has 1 saturated heterocycles. The van der Waals surface area contributed by atoms with Crippen LogP contribution in [0.2, 0.25) is 0 Å². The molecule has 4 rings (SSSR count). The minimum absolute atomic E-state index is 0.155. The Hall–Kier alpha value is -2.76. The number of furan rings is 1. The lowest BCUT2D eigenvalue weighted by atomic mass is 9.90. The summed E-state index contributed by atoms with van der Waals surface area (Å²) in [7, 11) is 0. The van der Waals surface area contributed by atoms with Crippen molar-refractivity contribution in [1.29, 1.82) is 0 Å². The summed E-state index contributed by atoms with van der Waals surface area (Å²) < 4.78 is 5.58. The Balaban J connectivity index is 1.54. The molecule has 1 N–H and O–H groups in total. The van der Waals surface area contributed by atoms with Crippen LogP contribution in [-0.2, 0) is 17.8 Å². The van der Waals surface area contributed by atoms with E-state index in [0.717, 1.165) is 12.0 Å². The largest absolute Gasteiger partial charge is 0.481 e. The first kappa shape index (κ1) is 18.6. The summed E-state index contributed by atoms with van der Waals surface area (Å²) in [6.45, 7) is 5.57. The first-order valence-corrected chi connectivity index (χ1v) is 9.87. The van der Waals surface area contributed by atoms with Crippen molar-refractivity contribution < 1.29 is 19.1 Å². The van der Waals surface area contributed by atoms with Crippen LogP contribution in [-0.4, -0.2) is 41.0 Å². The van der Waals surface area contributed by atoms with Gasteiger partial charge in [-0.25, -0.2) is 0 Å². The molecule has 1 aromatic heterocycles. The van der Waals surface area contributed by atoms with Crippen molar-refractivity contribution >= 4 is 17.6 Å². The molecule has 0 radical (unpaired) electrons. The van der Waals surface area contributed by atoms with E-state index in [2.05, 4.69) is 30.0 Å². The molecule has 28 heavy (non-hydrogen) atoms. The second-order valence-corrected chi connectivity index (χ2v) is 8.17. The number of nitrogens with zero attached hydrogens (tertiary/aromatic N) is 2. The summed E-state index contributed by atoms with van der Waals surface area (Å²) >= 11 is 0. The quantitative estimate of drug-likeness (QED) is 0.877. The fourth-order valence-electron chi connectivity index (χ4n) is 4.54. The number of aliphatic carboxylic acids is 1. The SMILES string of the molecule is CC1CC(C(=O)O)CN(C(=O)c2occc2CN2c3ccccc3CC2C)C1. The molecule has 1 aromatic carbocycles. The topological polar surface area (TPSA) is 74.0 Å². The van der Waals surface area contributed by atoms with Crippen molar-refractivity contribution in [2.24, 2.45) is 11.8 Å². The van der Waals surface area contributed by atoms with E-state index in [-0.39, 0.29) is 18.4 Å². The monoisotopic (exact) mass is 382 g/mol. The van der Waals surface area contributed by atoms with Crippen LogP contribution in [0.25, 0.3) is 0 Å². The maximum Gasteiger partial charge on any atom is 0.308 e. The summed E-state index contributed by atoms with van der Waals surface area (Å²) in [6.07, 6.45) is 3.14. The number of hydrogen-bond acceptors (Lipinski definition) is 4. The molecule has 0 spiro atoms. The highest BCUT2D eigenvalue weighted by atomic mass is 16.4. The van der Waals surface area contributed by atoms with Gasteiger partial charge in [-0.05, 0) is 43.4 Å². The molecule has 0 saturated carbocycles. The van der Waals surface area contributed by atoms with Crippen molar-refractivity contribution in [2.75, 3.05) is 18.0 Å². The van der Waals surface area contributed by atoms with Gasteiger partial charge in [-0.3, -0.25) is 9.59 Å². The average molecular weight is 382 g/mol. The standard InChI is InChI=1S/C22H26N2O4/c1-14-9-18(22(26)27)12-23(11-14)21(25)20-17(7-8-28-20)13-24-15(2)10-16-5-3-4-6-19(16)24/h3-8,14-15,18H,9-13H2,1-2H3,(H,26,27). The van der Waals surface area contributed by atoms with E-state index >= 15 is 0 Å². The fraction of sp³-hybridized carbons (Fsp3) is 0.455. The number of carboxylic acids is 1. The van der Waals surface area contributed by atoms with Crippen molar-refractivity contribution in [1.82, 2.24) is 4.90 Å². The van der Waals surface area contributed by atoms with Crippen LogP contribution in [0, 0.1) is 11.8 Å². The summed E-state index contributed by atoms with van der Waals surface area (Å²) in [5.41, 5.74) is 3.37. The number of amides is 1. The number of rotatable bonds is 4. The first-order valence-electron chi connectivity index (χ1n) is 9.87. The van der Waals surface area contributed by atoms with Crippen LogP contribution in [0.1, 0.15) is 41.9 Å². The van der Waals surface area contributed by atoms with E-state index in [0.29, 0.717) is 31.3 Å². The van der Waals surface area contributed by atoms with Crippen molar-refractivity contribution in [3.8, 4) is 0 Å². The third kappa shape index (κ3) is 3.39. The zero-order chi connectivity index (χ0) is 19.8. The molecule has 2 aliphatic rings. The number of carboxylic acid groups (broad SMARTS) is 1. The molecule has 2 aromatic rings. The Labute approximate surface area is 164 Å². The van der Waals surface area contributed by atoms with Crippen LogP contribution in [0.4, 0.5) is 5.69 Å². The Kier molecular flexibility index (Phi) is 4.87. The zero-order valence-corrected chi connectivity index (χ0v) is 16.3. The van der Waals surface area contributed by atoms with Gasteiger partial charge in [0.05, 0.1) is 12.2 Å². The molecular weight excluding hydrogens is 356 g/mol. The molecule has 3 atom stereocenters. The van der Waals surface area contributed by atoms with E-state index in [1.54, 1.807) is 11.2 Å². The average Bonchev–Trinajstić information content (AvgIpc) is 3.25. The Morgan fingerprint density at radius 1 is 1.18 bits per heavy atom. The molecular formula is C22H26N2O4. The highest BCUT2D eigenvalue weighted by Gasteiger charge is 2.35. The van der Waals surface area contributed by atoms with Crippen LogP contribution < -0.4 is 4.90 Å². The van der Waals surface area contributed by atoms with Crippen molar-refractivity contribution in [3.63, 3.8) is 0 Å². The van der Waals surface area contributed by atoms with Gasteiger partial charge in [0.15, 0.2) is 5.76 Å². The van der Waals surface area contributed by atoms with Crippen LogP contribution in [0.3, 0.4) is 0 Å². The molecule has 3 unspecified atom stereocenters. The van der Waals surface area contributed by atoms with Crippen molar-refractivity contribution in [3.05, 3.63) is 53.5 Å². The van der Waals surface area contributed by atoms with E-state index in [9.17, 15) is 14.7 Å². The summed E-state index contributed by atoms with van der Waals surface area (Å²) in [5.74, 6) is -1.08. The molecule has 0 aliphatic carbocycles. The Bertz CT molecular complexity index is 890. The number of fused-ring (bicyclic) bond motifs is 1. The number of likely N-dealkylation sites (tertiary alicyclic amines) is 1. The predicted molar refractivity (Wildman–Crippen MR) is 105 cm³/mol. The lowest BCUT2D eigenvalue weighted by Gasteiger charge is -2.34. The minimum Gasteiger partial charge on any atom is -0.481 e. The maximum atomic E-state index is 13.1. The summed E-state index contributed by atoms with van der Waals surface area (Å²) in [4.78, 5) is 28.5. The summed E-state index contributed by atoms with van der Waals surface area (Å²) in [5, 5.41) is 9.38. The third-order valence-corrected chi connectivity index (χ3v) is 5.93. The number of hydrogen-bond donors (Lipinski definition) is 1. The smallest absolute Gasteiger partial charge is 0.308 e. The highest BCUT2D eigenvalue weighted by molar-refractivity contribution is 5.93. The molecule has 2 aliphatic heterocycles. The Morgan fingerprint density at radius 3 is 2.75 bits per heavy atom. The number of anilines is 1. The number of benzene rings is 1. The van der Waals surface area contributed by atoms with E-state index in [1.165, 1.54) is 11.3 Å². The third-order valence-electron chi connectivity index (χ3n) is 5.93. The number of carbonyl (C=O) groups excluding carboxylic acids is 1. The van der Waals surface area contributed by atoms with Crippen LogP contribution in [0.15, 0.2) is 41.0 Å². The summed E-state index contributed by atoms with van der Waals surface area (Å²) in [6, 6.07) is 10.5. The minimum atomic E-state index is -0.841. The highest BCUT2D eigenvalue weighted by Crippen LogP contribution is 2.34. The van der Waals surface area contributed by atoms with Gasteiger partial charge in [0.2, 0.25) is 0 Å². The zero-order valence-electron chi connectivity index (χ0n) is 16.3. The van der Waals surface area contributed by atoms with E-state index in [4.69, 9.17) is 4.42 Å². The van der Waals surface area contributed by atoms with Gasteiger partial charge >= 0.3 is 5.97 Å². The molecule has 3 heterocycles.